The summed E-state index contributed by atoms with van der Waals surface area (Å²) in [6, 6.07) is 10.4. The van der Waals surface area contributed by atoms with Crippen LogP contribution >= 0.6 is 0 Å². The van der Waals surface area contributed by atoms with E-state index in [-0.39, 0.29) is 17.0 Å². The van der Waals surface area contributed by atoms with E-state index in [0.29, 0.717) is 23.5 Å². The Morgan fingerprint density at radius 1 is 1.07 bits per heavy atom. The molecular weight excluding hydrogens is 339 g/mol. The third-order valence-corrected chi connectivity index (χ3v) is 7.71. The molecule has 2 aromatic carbocycles. The second kappa shape index (κ2) is 5.92. The number of rotatable bonds is 1. The maximum absolute atomic E-state index is 13.3. The fourth-order valence-corrected chi connectivity index (χ4v) is 6.24. The number of aryl methyl sites for hydroxylation is 1. The van der Waals surface area contributed by atoms with Crippen molar-refractivity contribution < 1.29 is 14.3 Å². The molecule has 140 valence electrons. The molecule has 0 aromatic heterocycles. The van der Waals surface area contributed by atoms with Crippen molar-refractivity contribution in [3.8, 4) is 16.9 Å². The molecule has 2 fully saturated rings. The van der Waals surface area contributed by atoms with Crippen LogP contribution in [-0.4, -0.2) is 10.9 Å². The van der Waals surface area contributed by atoms with Crippen LogP contribution in [-0.2, 0) is 11.2 Å². The highest BCUT2D eigenvalue weighted by atomic mass is 19.1. The van der Waals surface area contributed by atoms with Crippen molar-refractivity contribution in [1.29, 1.82) is 0 Å². The molecule has 0 unspecified atom stereocenters. The summed E-state index contributed by atoms with van der Waals surface area (Å²) in [5, 5.41) is 10.6. The van der Waals surface area contributed by atoms with E-state index in [9.17, 15) is 14.3 Å². The highest BCUT2D eigenvalue weighted by molar-refractivity contribution is 5.87. The molecule has 2 saturated carbocycles. The molecule has 0 heterocycles. The van der Waals surface area contributed by atoms with Crippen LogP contribution in [0, 0.1) is 23.1 Å². The van der Waals surface area contributed by atoms with Gasteiger partial charge < -0.3 is 5.11 Å². The van der Waals surface area contributed by atoms with Crippen LogP contribution in [0.4, 0.5) is 4.39 Å². The number of carbonyl (C=O) groups excluding carboxylic acids is 1. The molecule has 0 aliphatic heterocycles. The lowest BCUT2D eigenvalue weighted by Crippen LogP contribution is -2.42. The van der Waals surface area contributed by atoms with E-state index in [1.165, 1.54) is 23.3 Å². The Bertz CT molecular complexity index is 917. The molecule has 4 atom stereocenters. The summed E-state index contributed by atoms with van der Waals surface area (Å²) in [6.45, 7) is 2.19. The molecule has 3 heteroatoms. The van der Waals surface area contributed by atoms with Gasteiger partial charge in [0.2, 0.25) is 0 Å². The van der Waals surface area contributed by atoms with Gasteiger partial charge in [-0.05, 0) is 90.8 Å². The van der Waals surface area contributed by atoms with Crippen molar-refractivity contribution in [1.82, 2.24) is 0 Å². The van der Waals surface area contributed by atoms with Crippen LogP contribution in [0.3, 0.4) is 0 Å². The quantitative estimate of drug-likeness (QED) is 0.713. The Kier molecular flexibility index (Phi) is 3.72. The summed E-state index contributed by atoms with van der Waals surface area (Å²) in [5.74, 6) is 2.00. The lowest BCUT2D eigenvalue weighted by molar-refractivity contribution is -0.129. The fraction of sp³-hybridized carbons (Fsp3) is 0.458. The molecule has 2 nitrogen and oxygen atoms in total. The number of benzene rings is 2. The minimum atomic E-state index is -0.270. The maximum Gasteiger partial charge on any atom is 0.139 e. The van der Waals surface area contributed by atoms with Crippen LogP contribution in [0.1, 0.15) is 56.1 Å². The molecule has 5 rings (SSSR count). The number of aromatic hydroxyl groups is 1. The molecular formula is C24H25FO2. The van der Waals surface area contributed by atoms with E-state index in [4.69, 9.17) is 0 Å². The topological polar surface area (TPSA) is 37.3 Å². The summed E-state index contributed by atoms with van der Waals surface area (Å²) in [7, 11) is 0. The van der Waals surface area contributed by atoms with Crippen LogP contribution < -0.4 is 0 Å². The second-order valence-corrected chi connectivity index (χ2v) is 8.91. The standard InChI is InChI=1S/C24H25FO2/c1-24-11-10-17-18(21(24)8-9-23(24)27)7-4-15-12-22(26)20(13-19(15)17)14-2-5-16(25)6-3-14/h2-3,5-6,12-13,17-18,21,26H,4,7-11H2,1H3/t17-,18+,21-,24-/m0/s1. The summed E-state index contributed by atoms with van der Waals surface area (Å²) >= 11 is 0. The number of fused-ring (bicyclic) bond motifs is 5. The van der Waals surface area contributed by atoms with Gasteiger partial charge in [-0.1, -0.05) is 19.1 Å². The summed E-state index contributed by atoms with van der Waals surface area (Å²) in [5.41, 5.74) is 4.09. The monoisotopic (exact) mass is 364 g/mol. The largest absolute Gasteiger partial charge is 0.507 e. The van der Waals surface area contributed by atoms with E-state index in [0.717, 1.165) is 49.7 Å². The zero-order valence-electron chi connectivity index (χ0n) is 15.7. The van der Waals surface area contributed by atoms with Crippen molar-refractivity contribution in [2.24, 2.45) is 17.3 Å². The van der Waals surface area contributed by atoms with Gasteiger partial charge in [-0.25, -0.2) is 4.39 Å². The molecule has 0 spiro atoms. The zero-order valence-corrected chi connectivity index (χ0v) is 15.7. The van der Waals surface area contributed by atoms with Gasteiger partial charge in [0.1, 0.15) is 17.3 Å². The Balaban J connectivity index is 1.56. The Hall–Kier alpha value is -2.16. The first kappa shape index (κ1) is 17.0. The number of carbonyl (C=O) groups is 1. The lowest BCUT2D eigenvalue weighted by Gasteiger charge is -2.48. The van der Waals surface area contributed by atoms with Crippen molar-refractivity contribution in [3.05, 3.63) is 53.3 Å². The van der Waals surface area contributed by atoms with Crippen LogP contribution in [0.5, 0.6) is 5.75 Å². The molecule has 27 heavy (non-hydrogen) atoms. The van der Waals surface area contributed by atoms with Crippen molar-refractivity contribution >= 4 is 5.78 Å². The van der Waals surface area contributed by atoms with E-state index in [1.807, 2.05) is 6.07 Å². The highest BCUT2D eigenvalue weighted by Crippen LogP contribution is 2.60. The van der Waals surface area contributed by atoms with Gasteiger partial charge in [0.05, 0.1) is 0 Å². The Morgan fingerprint density at radius 3 is 2.63 bits per heavy atom. The molecule has 0 saturated heterocycles. The predicted octanol–water partition coefficient (Wildman–Crippen LogP) is 5.62. The minimum Gasteiger partial charge on any atom is -0.507 e. The summed E-state index contributed by atoms with van der Waals surface area (Å²) in [4.78, 5) is 12.5. The van der Waals surface area contributed by atoms with Crippen LogP contribution in [0.25, 0.3) is 11.1 Å². The first-order valence-electron chi connectivity index (χ1n) is 10.1. The Morgan fingerprint density at radius 2 is 1.85 bits per heavy atom. The van der Waals surface area contributed by atoms with E-state index in [1.54, 1.807) is 12.1 Å². The summed E-state index contributed by atoms with van der Waals surface area (Å²) in [6.07, 6.45) is 5.88. The van der Waals surface area contributed by atoms with Gasteiger partial charge in [-0.15, -0.1) is 0 Å². The van der Waals surface area contributed by atoms with Crippen LogP contribution in [0.2, 0.25) is 0 Å². The average Bonchev–Trinajstić information content (AvgIpc) is 2.97. The third kappa shape index (κ3) is 2.47. The molecule has 3 aliphatic carbocycles. The first-order chi connectivity index (χ1) is 13.0. The maximum atomic E-state index is 13.3. The van der Waals surface area contributed by atoms with Crippen molar-refractivity contribution in [2.75, 3.05) is 0 Å². The van der Waals surface area contributed by atoms with E-state index in [2.05, 4.69) is 13.0 Å². The molecule has 1 N–H and O–H groups in total. The molecule has 2 aromatic rings. The number of hydrogen-bond acceptors (Lipinski definition) is 2. The number of phenolic OH excluding ortho intramolecular Hbond substituents is 1. The lowest BCUT2D eigenvalue weighted by atomic mass is 9.55. The number of ketones is 1. The average molecular weight is 364 g/mol. The Labute approximate surface area is 159 Å². The van der Waals surface area contributed by atoms with E-state index < -0.39 is 0 Å². The van der Waals surface area contributed by atoms with Gasteiger partial charge in [-0.3, -0.25) is 4.79 Å². The first-order valence-corrected chi connectivity index (χ1v) is 10.1. The number of Topliss-reactive ketones (excluding diaryl/α,β-unsaturated/α-hetero) is 1. The normalized spacial score (nSPS) is 31.9. The molecule has 3 aliphatic rings. The number of phenols is 1. The summed E-state index contributed by atoms with van der Waals surface area (Å²) < 4.78 is 13.3. The van der Waals surface area contributed by atoms with Gasteiger partial charge in [0.25, 0.3) is 0 Å². The van der Waals surface area contributed by atoms with Gasteiger partial charge in [-0.2, -0.15) is 0 Å². The van der Waals surface area contributed by atoms with E-state index >= 15 is 0 Å². The second-order valence-electron chi connectivity index (χ2n) is 8.91. The van der Waals surface area contributed by atoms with Gasteiger partial charge >= 0.3 is 0 Å². The predicted molar refractivity (Wildman–Crippen MR) is 103 cm³/mol. The fourth-order valence-electron chi connectivity index (χ4n) is 6.24. The minimum absolute atomic E-state index is 0.116. The SMILES string of the molecule is C[C@]12CC[C@@H]3c4cc(-c5ccc(F)cc5)c(O)cc4CC[C@H]3[C@@H]1CCC2=O. The number of hydrogen-bond donors (Lipinski definition) is 1. The third-order valence-electron chi connectivity index (χ3n) is 7.71. The molecule has 0 amide bonds. The highest BCUT2D eigenvalue weighted by Gasteiger charge is 2.54. The van der Waals surface area contributed by atoms with Gasteiger partial charge in [0.15, 0.2) is 0 Å². The molecule has 0 bridgehead atoms. The smallest absolute Gasteiger partial charge is 0.139 e. The van der Waals surface area contributed by atoms with Crippen LogP contribution in [0.15, 0.2) is 36.4 Å². The van der Waals surface area contributed by atoms with Gasteiger partial charge in [0, 0.05) is 17.4 Å². The number of halogens is 1. The zero-order chi connectivity index (χ0) is 18.8. The molecule has 0 radical (unpaired) electrons. The van der Waals surface area contributed by atoms with Crippen molar-refractivity contribution in [2.45, 2.75) is 51.4 Å². The van der Waals surface area contributed by atoms with Crippen molar-refractivity contribution in [3.63, 3.8) is 0 Å².